The molecule has 0 radical (unpaired) electrons. The Bertz CT molecular complexity index is 849. The summed E-state index contributed by atoms with van der Waals surface area (Å²) < 4.78 is 29.1. The van der Waals surface area contributed by atoms with E-state index >= 15 is 0 Å². The molecule has 4 nitrogen and oxygen atoms in total. The molecule has 3 rings (SSSR count). The number of aromatic nitrogens is 3. The lowest BCUT2D eigenvalue weighted by Crippen LogP contribution is -2.24. The van der Waals surface area contributed by atoms with Gasteiger partial charge in [-0.15, -0.1) is 0 Å². The highest BCUT2D eigenvalue weighted by atomic mass is 19.1. The van der Waals surface area contributed by atoms with E-state index in [9.17, 15) is 13.6 Å². The SMILES string of the molecule is Cc1nn(-c2cc(F)cc(F)c2)c(=O)n1Cc1ccccc1. The molecule has 1 aromatic heterocycles. The summed E-state index contributed by atoms with van der Waals surface area (Å²) >= 11 is 0. The fourth-order valence-electron chi connectivity index (χ4n) is 2.27. The van der Waals surface area contributed by atoms with Crippen LogP contribution in [0.5, 0.6) is 0 Å². The Labute approximate surface area is 125 Å². The second-order valence-electron chi connectivity index (χ2n) is 4.94. The van der Waals surface area contributed by atoms with Crippen LogP contribution in [0, 0.1) is 18.6 Å². The van der Waals surface area contributed by atoms with Crippen molar-refractivity contribution in [3.63, 3.8) is 0 Å². The van der Waals surface area contributed by atoms with Gasteiger partial charge in [-0.1, -0.05) is 30.3 Å². The van der Waals surface area contributed by atoms with Crippen LogP contribution in [0.4, 0.5) is 8.78 Å². The summed E-state index contributed by atoms with van der Waals surface area (Å²) in [7, 11) is 0. The van der Waals surface area contributed by atoms with Crippen LogP contribution in [-0.2, 0) is 6.54 Å². The van der Waals surface area contributed by atoms with Crippen LogP contribution in [0.25, 0.3) is 5.69 Å². The number of hydrogen-bond acceptors (Lipinski definition) is 2. The monoisotopic (exact) mass is 301 g/mol. The zero-order valence-electron chi connectivity index (χ0n) is 11.8. The Morgan fingerprint density at radius 3 is 2.32 bits per heavy atom. The summed E-state index contributed by atoms with van der Waals surface area (Å²) in [6.07, 6.45) is 0. The molecule has 3 aromatic rings. The predicted molar refractivity (Wildman–Crippen MR) is 78.0 cm³/mol. The lowest BCUT2D eigenvalue weighted by atomic mass is 10.2. The lowest BCUT2D eigenvalue weighted by Gasteiger charge is -2.02. The van der Waals surface area contributed by atoms with Gasteiger partial charge < -0.3 is 0 Å². The van der Waals surface area contributed by atoms with Crippen molar-refractivity contribution >= 4 is 0 Å². The van der Waals surface area contributed by atoms with E-state index in [1.165, 1.54) is 4.57 Å². The zero-order chi connectivity index (χ0) is 15.7. The molecule has 0 saturated carbocycles. The fourth-order valence-corrected chi connectivity index (χ4v) is 2.27. The number of hydrogen-bond donors (Lipinski definition) is 0. The molecule has 0 atom stereocenters. The van der Waals surface area contributed by atoms with Crippen molar-refractivity contribution in [2.24, 2.45) is 0 Å². The molecule has 22 heavy (non-hydrogen) atoms. The van der Waals surface area contributed by atoms with Crippen LogP contribution in [0.2, 0.25) is 0 Å². The van der Waals surface area contributed by atoms with Crippen molar-refractivity contribution in [3.05, 3.63) is 82.0 Å². The van der Waals surface area contributed by atoms with Crippen molar-refractivity contribution in [1.29, 1.82) is 0 Å². The minimum absolute atomic E-state index is 0.0670. The van der Waals surface area contributed by atoms with E-state index in [0.29, 0.717) is 12.4 Å². The van der Waals surface area contributed by atoms with Crippen LogP contribution in [0.1, 0.15) is 11.4 Å². The molecule has 0 spiro atoms. The third-order valence-corrected chi connectivity index (χ3v) is 3.32. The molecular weight excluding hydrogens is 288 g/mol. The van der Waals surface area contributed by atoms with Crippen LogP contribution >= 0.6 is 0 Å². The maximum absolute atomic E-state index is 13.3. The first-order valence-electron chi connectivity index (χ1n) is 6.71. The largest absolute Gasteiger partial charge is 0.351 e. The van der Waals surface area contributed by atoms with Crippen LogP contribution < -0.4 is 5.69 Å². The molecule has 0 bridgehead atoms. The van der Waals surface area contributed by atoms with Gasteiger partial charge in [0.05, 0.1) is 12.2 Å². The summed E-state index contributed by atoms with van der Waals surface area (Å²) in [6, 6.07) is 12.3. The summed E-state index contributed by atoms with van der Waals surface area (Å²) in [6.45, 7) is 2.03. The number of aryl methyl sites for hydroxylation is 1. The van der Waals surface area contributed by atoms with Crippen molar-refractivity contribution in [1.82, 2.24) is 14.3 Å². The third-order valence-electron chi connectivity index (χ3n) is 3.32. The minimum atomic E-state index is -0.753. The number of rotatable bonds is 3. The van der Waals surface area contributed by atoms with Crippen molar-refractivity contribution < 1.29 is 8.78 Å². The van der Waals surface area contributed by atoms with Crippen LogP contribution in [0.3, 0.4) is 0 Å². The summed E-state index contributed by atoms with van der Waals surface area (Å²) in [4.78, 5) is 12.4. The molecule has 0 amide bonds. The predicted octanol–water partition coefficient (Wildman–Crippen LogP) is 2.67. The average molecular weight is 301 g/mol. The van der Waals surface area contributed by atoms with Gasteiger partial charge in [-0.2, -0.15) is 9.78 Å². The first-order valence-corrected chi connectivity index (χ1v) is 6.71. The molecule has 0 N–H and O–H groups in total. The van der Waals surface area contributed by atoms with Gasteiger partial charge >= 0.3 is 5.69 Å². The zero-order valence-corrected chi connectivity index (χ0v) is 11.8. The first-order chi connectivity index (χ1) is 10.5. The fraction of sp³-hybridized carbons (Fsp3) is 0.125. The van der Waals surface area contributed by atoms with E-state index < -0.39 is 17.3 Å². The smallest absolute Gasteiger partial charge is 0.274 e. The Balaban J connectivity index is 2.05. The summed E-state index contributed by atoms with van der Waals surface area (Å²) in [5.74, 6) is -1.03. The molecule has 0 aliphatic rings. The number of nitrogens with zero attached hydrogens (tertiary/aromatic N) is 3. The highest BCUT2D eigenvalue weighted by Gasteiger charge is 2.13. The first kappa shape index (κ1) is 14.2. The standard InChI is InChI=1S/C16H13F2N3O/c1-11-19-21(15-8-13(17)7-14(18)9-15)16(22)20(11)10-12-5-3-2-4-6-12/h2-9H,10H2,1H3. The van der Waals surface area contributed by atoms with Gasteiger partial charge in [0, 0.05) is 6.07 Å². The molecule has 2 aromatic carbocycles. The van der Waals surface area contributed by atoms with Crippen molar-refractivity contribution in [2.45, 2.75) is 13.5 Å². The van der Waals surface area contributed by atoms with E-state index in [2.05, 4.69) is 5.10 Å². The molecule has 0 unspecified atom stereocenters. The Morgan fingerprint density at radius 2 is 1.68 bits per heavy atom. The van der Waals surface area contributed by atoms with Crippen molar-refractivity contribution in [3.8, 4) is 5.69 Å². The Hall–Kier alpha value is -2.76. The molecule has 112 valence electrons. The van der Waals surface area contributed by atoms with Crippen molar-refractivity contribution in [2.75, 3.05) is 0 Å². The maximum atomic E-state index is 13.3. The van der Waals surface area contributed by atoms with Gasteiger partial charge in [0.2, 0.25) is 0 Å². The molecule has 0 fully saturated rings. The maximum Gasteiger partial charge on any atom is 0.351 e. The topological polar surface area (TPSA) is 39.8 Å². The molecule has 6 heteroatoms. The van der Waals surface area contributed by atoms with Crippen LogP contribution in [0.15, 0.2) is 53.3 Å². The van der Waals surface area contributed by atoms with E-state index in [1.807, 2.05) is 30.3 Å². The second kappa shape index (κ2) is 5.55. The molecule has 1 heterocycles. The van der Waals surface area contributed by atoms with E-state index in [1.54, 1.807) is 6.92 Å². The van der Waals surface area contributed by atoms with Gasteiger partial charge in [-0.05, 0) is 24.6 Å². The normalized spacial score (nSPS) is 10.9. The van der Waals surface area contributed by atoms with Crippen LogP contribution in [-0.4, -0.2) is 14.3 Å². The lowest BCUT2D eigenvalue weighted by molar-refractivity contribution is 0.579. The number of benzene rings is 2. The molecule has 0 aliphatic heterocycles. The summed E-state index contributed by atoms with van der Waals surface area (Å²) in [5.41, 5.74) is 0.571. The molecule has 0 saturated heterocycles. The quantitative estimate of drug-likeness (QED) is 0.746. The second-order valence-corrected chi connectivity index (χ2v) is 4.94. The van der Waals surface area contributed by atoms with Gasteiger partial charge in [0.25, 0.3) is 0 Å². The third kappa shape index (κ3) is 2.67. The minimum Gasteiger partial charge on any atom is -0.274 e. The van der Waals surface area contributed by atoms with Gasteiger partial charge in [-0.3, -0.25) is 4.57 Å². The molecule has 0 aliphatic carbocycles. The number of halogens is 2. The Kier molecular flexibility index (Phi) is 3.58. The highest BCUT2D eigenvalue weighted by Crippen LogP contribution is 2.11. The van der Waals surface area contributed by atoms with E-state index in [4.69, 9.17) is 0 Å². The Morgan fingerprint density at radius 1 is 1.05 bits per heavy atom. The van der Waals surface area contributed by atoms with E-state index in [0.717, 1.165) is 28.4 Å². The summed E-state index contributed by atoms with van der Waals surface area (Å²) in [5, 5.41) is 4.09. The van der Waals surface area contributed by atoms with E-state index in [-0.39, 0.29) is 5.69 Å². The van der Waals surface area contributed by atoms with Gasteiger partial charge in [0.15, 0.2) is 0 Å². The van der Waals surface area contributed by atoms with Gasteiger partial charge in [0.1, 0.15) is 17.5 Å². The van der Waals surface area contributed by atoms with Gasteiger partial charge in [-0.25, -0.2) is 13.6 Å². The highest BCUT2D eigenvalue weighted by molar-refractivity contribution is 5.31. The average Bonchev–Trinajstić information content (AvgIpc) is 2.75. The molecular formula is C16H13F2N3O.